The second kappa shape index (κ2) is 5.29. The number of halogens is 1. The van der Waals surface area contributed by atoms with Crippen LogP contribution in [0.1, 0.15) is 52.9 Å². The maximum absolute atomic E-state index is 16.6. The molecule has 0 saturated heterocycles. The fraction of sp³-hybridized carbons (Fsp3) is 0.727. The average molecular weight is 346 g/mol. The molecule has 0 aromatic heterocycles. The van der Waals surface area contributed by atoms with E-state index in [0.717, 1.165) is 19.3 Å². The molecule has 7 atom stereocenters. The van der Waals surface area contributed by atoms with Gasteiger partial charge in [0.15, 0.2) is 0 Å². The Hall–Kier alpha value is -0.930. The fourth-order valence-corrected chi connectivity index (χ4v) is 6.77. The molecule has 0 aliphatic heterocycles. The molecule has 0 bridgehead atoms. The maximum atomic E-state index is 16.6. The molecule has 2 nitrogen and oxygen atoms in total. The lowest BCUT2D eigenvalue weighted by atomic mass is 9.46. The van der Waals surface area contributed by atoms with Crippen molar-refractivity contribution in [2.45, 2.75) is 64.1 Å². The highest BCUT2D eigenvalue weighted by Gasteiger charge is 2.68. The van der Waals surface area contributed by atoms with Crippen LogP contribution in [0.5, 0.6) is 0 Å². The summed E-state index contributed by atoms with van der Waals surface area (Å²) in [4.78, 5) is 0. The van der Waals surface area contributed by atoms with Gasteiger partial charge in [0.25, 0.3) is 0 Å². The molecule has 0 heterocycles. The number of hydrogen-bond acceptors (Lipinski definition) is 2. The van der Waals surface area contributed by atoms with Gasteiger partial charge in [0.2, 0.25) is 0 Å². The van der Waals surface area contributed by atoms with Gasteiger partial charge in [0.05, 0.1) is 5.60 Å². The first kappa shape index (κ1) is 17.5. The van der Waals surface area contributed by atoms with Gasteiger partial charge in [-0.2, -0.15) is 0 Å². The van der Waals surface area contributed by atoms with Crippen molar-refractivity contribution in [2.24, 2.45) is 28.6 Å². The van der Waals surface area contributed by atoms with Gasteiger partial charge in [-0.15, -0.1) is 0 Å². The Labute approximate surface area is 150 Å². The highest BCUT2D eigenvalue weighted by atomic mass is 19.1. The molecule has 3 heteroatoms. The van der Waals surface area contributed by atoms with Crippen LogP contribution in [0, 0.1) is 28.6 Å². The summed E-state index contributed by atoms with van der Waals surface area (Å²) in [7, 11) is 0. The van der Waals surface area contributed by atoms with Gasteiger partial charge in [0, 0.05) is 29.8 Å². The molecular weight excluding hydrogens is 315 g/mol. The van der Waals surface area contributed by atoms with Gasteiger partial charge in [-0.25, -0.2) is 4.39 Å². The summed E-state index contributed by atoms with van der Waals surface area (Å²) in [6.45, 7) is 6.33. The second-order valence-electron chi connectivity index (χ2n) is 9.28. The number of rotatable bonds is 2. The third-order valence-electron chi connectivity index (χ3n) is 8.32. The molecule has 2 fully saturated rings. The van der Waals surface area contributed by atoms with E-state index < -0.39 is 22.1 Å². The van der Waals surface area contributed by atoms with Crippen molar-refractivity contribution in [2.75, 3.05) is 6.61 Å². The molecule has 2 saturated carbocycles. The van der Waals surface area contributed by atoms with Crippen LogP contribution in [0.3, 0.4) is 0 Å². The summed E-state index contributed by atoms with van der Waals surface area (Å²) in [6, 6.07) is 0. The van der Waals surface area contributed by atoms with E-state index in [-0.39, 0.29) is 18.4 Å². The van der Waals surface area contributed by atoms with Gasteiger partial charge in [-0.3, -0.25) is 0 Å². The number of aliphatic hydroxyl groups excluding tert-OH is 1. The first-order valence-corrected chi connectivity index (χ1v) is 9.83. The molecule has 138 valence electrons. The van der Waals surface area contributed by atoms with E-state index in [1.807, 2.05) is 6.08 Å². The van der Waals surface area contributed by atoms with Crippen molar-refractivity contribution < 1.29 is 14.6 Å². The summed E-state index contributed by atoms with van der Waals surface area (Å²) in [5.41, 5.74) is -2.11. The van der Waals surface area contributed by atoms with Crippen LogP contribution >= 0.6 is 0 Å². The van der Waals surface area contributed by atoms with Crippen molar-refractivity contribution in [3.05, 3.63) is 36.0 Å². The van der Waals surface area contributed by atoms with E-state index in [1.165, 1.54) is 5.57 Å². The maximum Gasteiger partial charge on any atom is 0.144 e. The number of aliphatic hydroxyl groups is 2. The monoisotopic (exact) mass is 346 g/mol. The summed E-state index contributed by atoms with van der Waals surface area (Å²) < 4.78 is 16.6. The van der Waals surface area contributed by atoms with Crippen LogP contribution in [-0.2, 0) is 0 Å². The second-order valence-corrected chi connectivity index (χ2v) is 9.28. The van der Waals surface area contributed by atoms with Crippen LogP contribution in [0.25, 0.3) is 0 Å². The lowest BCUT2D eigenvalue weighted by Gasteiger charge is -2.59. The first-order valence-electron chi connectivity index (χ1n) is 9.83. The SMILES string of the molecule is C[C@H]1C[C@H]2[C@@H]3CC[C@](O)(CCO)[C@@]3(C)C=C[C@]2(F)[C@@]2(C)C=CCC=C12. The van der Waals surface area contributed by atoms with Crippen molar-refractivity contribution >= 4 is 0 Å². The minimum atomic E-state index is -1.39. The van der Waals surface area contributed by atoms with Crippen molar-refractivity contribution in [1.29, 1.82) is 0 Å². The number of alkyl halides is 1. The van der Waals surface area contributed by atoms with Gasteiger partial charge in [-0.1, -0.05) is 43.7 Å². The lowest BCUT2D eigenvalue weighted by molar-refractivity contribution is -0.107. The molecule has 0 unspecified atom stereocenters. The number of fused-ring (bicyclic) bond motifs is 5. The zero-order valence-electron chi connectivity index (χ0n) is 15.6. The quantitative estimate of drug-likeness (QED) is 0.730. The summed E-state index contributed by atoms with van der Waals surface area (Å²) in [6.07, 6.45) is 13.7. The van der Waals surface area contributed by atoms with Crippen LogP contribution in [0.4, 0.5) is 4.39 Å². The third-order valence-corrected chi connectivity index (χ3v) is 8.32. The summed E-state index contributed by atoms with van der Waals surface area (Å²) in [5, 5.41) is 20.7. The van der Waals surface area contributed by atoms with Crippen molar-refractivity contribution in [3.63, 3.8) is 0 Å². The highest BCUT2D eigenvalue weighted by molar-refractivity contribution is 5.42. The van der Waals surface area contributed by atoms with Crippen LogP contribution in [0.15, 0.2) is 36.0 Å². The van der Waals surface area contributed by atoms with Crippen LogP contribution in [-0.4, -0.2) is 28.1 Å². The Bertz CT molecular complexity index is 667. The zero-order chi connectivity index (χ0) is 18.1. The average Bonchev–Trinajstić information content (AvgIpc) is 2.82. The molecule has 4 rings (SSSR count). The predicted octanol–water partition coefficient (Wildman–Crippen LogP) is 4.34. The molecule has 0 amide bonds. The topological polar surface area (TPSA) is 40.5 Å². The zero-order valence-corrected chi connectivity index (χ0v) is 15.6. The summed E-state index contributed by atoms with van der Waals surface area (Å²) >= 11 is 0. The molecule has 4 aliphatic rings. The Morgan fingerprint density at radius 2 is 1.96 bits per heavy atom. The van der Waals surface area contributed by atoms with Crippen molar-refractivity contribution in [3.8, 4) is 0 Å². The smallest absolute Gasteiger partial charge is 0.144 e. The van der Waals surface area contributed by atoms with E-state index in [1.54, 1.807) is 6.08 Å². The molecule has 25 heavy (non-hydrogen) atoms. The van der Waals surface area contributed by atoms with Crippen molar-refractivity contribution in [1.82, 2.24) is 0 Å². The molecule has 0 aromatic rings. The molecule has 4 aliphatic carbocycles. The Balaban J connectivity index is 1.83. The molecule has 0 spiro atoms. The Morgan fingerprint density at radius 3 is 2.68 bits per heavy atom. The largest absolute Gasteiger partial charge is 0.396 e. The number of hydrogen-bond donors (Lipinski definition) is 2. The molecule has 0 radical (unpaired) electrons. The van der Waals surface area contributed by atoms with Gasteiger partial charge in [-0.05, 0) is 50.5 Å². The van der Waals surface area contributed by atoms with Gasteiger partial charge in [0.1, 0.15) is 5.67 Å². The minimum Gasteiger partial charge on any atom is -0.396 e. The van der Waals surface area contributed by atoms with E-state index in [4.69, 9.17) is 0 Å². The predicted molar refractivity (Wildman–Crippen MR) is 97.7 cm³/mol. The molecular formula is C22H31FO2. The van der Waals surface area contributed by atoms with Gasteiger partial charge >= 0.3 is 0 Å². The van der Waals surface area contributed by atoms with Crippen LogP contribution < -0.4 is 0 Å². The van der Waals surface area contributed by atoms with E-state index in [0.29, 0.717) is 18.8 Å². The van der Waals surface area contributed by atoms with E-state index in [2.05, 4.69) is 39.0 Å². The number of allylic oxidation sites excluding steroid dienone is 5. The Kier molecular flexibility index (Phi) is 3.70. The van der Waals surface area contributed by atoms with E-state index >= 15 is 4.39 Å². The molecule has 2 N–H and O–H groups in total. The molecule has 0 aromatic carbocycles. The van der Waals surface area contributed by atoms with Crippen LogP contribution in [0.2, 0.25) is 0 Å². The fourth-order valence-electron chi connectivity index (χ4n) is 6.77. The minimum absolute atomic E-state index is 0.0260. The first-order chi connectivity index (χ1) is 11.7. The lowest BCUT2D eigenvalue weighted by Crippen LogP contribution is -2.60. The normalized spacial score (nSPS) is 53.8. The Morgan fingerprint density at radius 1 is 1.20 bits per heavy atom. The standard InChI is InChI=1S/C22H31FO2/c1-15-14-18-17-7-9-21(25,12-13-24)19(17,2)10-11-22(18,23)20(3)8-5-4-6-16(15)20/h5-6,8,10-11,15,17-18,24-25H,4,7,9,12-14H2,1-3H3/t15-,17-,18-,19-,20-,21-,22+/m0/s1. The third kappa shape index (κ3) is 1.97. The van der Waals surface area contributed by atoms with Gasteiger partial charge < -0.3 is 10.2 Å². The van der Waals surface area contributed by atoms with E-state index in [9.17, 15) is 10.2 Å². The summed E-state index contributed by atoms with van der Waals surface area (Å²) in [5.74, 6) is 0.399. The highest BCUT2D eigenvalue weighted by Crippen LogP contribution is 2.68.